The van der Waals surface area contributed by atoms with Crippen molar-refractivity contribution in [3.8, 4) is 0 Å². The highest BCUT2D eigenvalue weighted by molar-refractivity contribution is 5.91. The molecule has 1 atom stereocenters. The van der Waals surface area contributed by atoms with Gasteiger partial charge >= 0.3 is 0 Å². The van der Waals surface area contributed by atoms with Crippen molar-refractivity contribution in [1.29, 1.82) is 0 Å². The van der Waals surface area contributed by atoms with E-state index in [2.05, 4.69) is 34.6 Å². The van der Waals surface area contributed by atoms with E-state index in [0.29, 0.717) is 6.42 Å². The van der Waals surface area contributed by atoms with Crippen LogP contribution in [0.3, 0.4) is 0 Å². The fraction of sp³-hybridized carbons (Fsp3) is 0.611. The third kappa shape index (κ3) is 4.47. The molecule has 1 aliphatic carbocycles. The summed E-state index contributed by atoms with van der Waals surface area (Å²) in [7, 11) is 0. The fourth-order valence-electron chi connectivity index (χ4n) is 3.01. The SMILES string of the molecule is CC(CC(=O)Nc1cccc(N2CCCC2)c1)NCC1CC1. The fourth-order valence-corrected chi connectivity index (χ4v) is 3.01. The molecule has 2 aliphatic rings. The number of anilines is 2. The van der Waals surface area contributed by atoms with Gasteiger partial charge in [-0.25, -0.2) is 0 Å². The first-order chi connectivity index (χ1) is 10.7. The molecule has 1 heterocycles. The van der Waals surface area contributed by atoms with E-state index in [4.69, 9.17) is 0 Å². The minimum absolute atomic E-state index is 0.0920. The van der Waals surface area contributed by atoms with E-state index in [1.807, 2.05) is 12.1 Å². The summed E-state index contributed by atoms with van der Waals surface area (Å²) in [4.78, 5) is 14.5. The highest BCUT2D eigenvalue weighted by atomic mass is 16.1. The van der Waals surface area contributed by atoms with E-state index >= 15 is 0 Å². The summed E-state index contributed by atoms with van der Waals surface area (Å²) in [5.41, 5.74) is 2.12. The Morgan fingerprint density at radius 1 is 1.32 bits per heavy atom. The van der Waals surface area contributed by atoms with Crippen molar-refractivity contribution in [2.45, 2.75) is 45.1 Å². The molecule has 1 amide bonds. The van der Waals surface area contributed by atoms with Crippen LogP contribution in [-0.4, -0.2) is 31.6 Å². The minimum Gasteiger partial charge on any atom is -0.371 e. The van der Waals surface area contributed by atoms with Crippen molar-refractivity contribution >= 4 is 17.3 Å². The summed E-state index contributed by atoms with van der Waals surface area (Å²) < 4.78 is 0. The van der Waals surface area contributed by atoms with Crippen molar-refractivity contribution < 1.29 is 4.79 Å². The molecular formula is C18H27N3O. The molecule has 1 unspecified atom stereocenters. The van der Waals surface area contributed by atoms with E-state index in [1.165, 1.54) is 31.4 Å². The van der Waals surface area contributed by atoms with Crippen LogP contribution >= 0.6 is 0 Å². The molecule has 0 bridgehead atoms. The molecule has 4 heteroatoms. The Morgan fingerprint density at radius 2 is 2.09 bits per heavy atom. The number of hydrogen-bond donors (Lipinski definition) is 2. The van der Waals surface area contributed by atoms with Gasteiger partial charge in [0.05, 0.1) is 0 Å². The van der Waals surface area contributed by atoms with Gasteiger partial charge in [0.25, 0.3) is 0 Å². The summed E-state index contributed by atoms with van der Waals surface area (Å²) in [6, 6.07) is 8.45. The molecule has 1 aromatic rings. The summed E-state index contributed by atoms with van der Waals surface area (Å²) in [5.74, 6) is 0.942. The zero-order valence-corrected chi connectivity index (χ0v) is 13.5. The predicted molar refractivity (Wildman–Crippen MR) is 91.3 cm³/mol. The van der Waals surface area contributed by atoms with Crippen LogP contribution in [0.1, 0.15) is 39.0 Å². The van der Waals surface area contributed by atoms with Gasteiger partial charge in [-0.1, -0.05) is 6.07 Å². The van der Waals surface area contributed by atoms with Gasteiger partial charge in [-0.15, -0.1) is 0 Å². The van der Waals surface area contributed by atoms with Crippen LogP contribution in [0.25, 0.3) is 0 Å². The minimum atomic E-state index is 0.0920. The van der Waals surface area contributed by atoms with Gasteiger partial charge in [0.15, 0.2) is 0 Å². The molecule has 1 aromatic carbocycles. The van der Waals surface area contributed by atoms with Gasteiger partial charge < -0.3 is 15.5 Å². The molecule has 2 N–H and O–H groups in total. The van der Waals surface area contributed by atoms with E-state index in [1.54, 1.807) is 0 Å². The van der Waals surface area contributed by atoms with Gasteiger partial charge in [0.1, 0.15) is 0 Å². The van der Waals surface area contributed by atoms with Crippen molar-refractivity contribution in [3.63, 3.8) is 0 Å². The van der Waals surface area contributed by atoms with Gasteiger partial charge in [-0.3, -0.25) is 4.79 Å². The molecule has 22 heavy (non-hydrogen) atoms. The summed E-state index contributed by atoms with van der Waals surface area (Å²) in [5, 5.41) is 6.48. The molecule has 1 saturated carbocycles. The average Bonchev–Trinajstić information content (AvgIpc) is 3.17. The van der Waals surface area contributed by atoms with Crippen molar-refractivity contribution in [2.75, 3.05) is 29.9 Å². The number of nitrogens with one attached hydrogen (secondary N) is 2. The maximum absolute atomic E-state index is 12.2. The lowest BCUT2D eigenvalue weighted by Gasteiger charge is -2.19. The topological polar surface area (TPSA) is 44.4 Å². The maximum atomic E-state index is 12.2. The van der Waals surface area contributed by atoms with Crippen molar-refractivity contribution in [3.05, 3.63) is 24.3 Å². The highest BCUT2D eigenvalue weighted by Gasteiger charge is 2.21. The van der Waals surface area contributed by atoms with E-state index in [-0.39, 0.29) is 11.9 Å². The Morgan fingerprint density at radius 3 is 2.82 bits per heavy atom. The third-order valence-electron chi connectivity index (χ3n) is 4.54. The number of nitrogens with zero attached hydrogens (tertiary/aromatic N) is 1. The van der Waals surface area contributed by atoms with Crippen molar-refractivity contribution in [2.24, 2.45) is 5.92 Å². The second-order valence-corrected chi connectivity index (χ2v) is 6.75. The molecule has 4 nitrogen and oxygen atoms in total. The van der Waals surface area contributed by atoms with Crippen molar-refractivity contribution in [1.82, 2.24) is 5.32 Å². The Labute approximate surface area is 133 Å². The van der Waals surface area contributed by atoms with E-state index in [0.717, 1.165) is 31.2 Å². The number of hydrogen-bond acceptors (Lipinski definition) is 3. The summed E-state index contributed by atoms with van der Waals surface area (Å²) >= 11 is 0. The number of carbonyl (C=O) groups is 1. The van der Waals surface area contributed by atoms with Gasteiger partial charge in [0.2, 0.25) is 5.91 Å². The monoisotopic (exact) mass is 301 g/mol. The molecule has 0 radical (unpaired) electrons. The zero-order valence-electron chi connectivity index (χ0n) is 13.5. The molecule has 2 fully saturated rings. The third-order valence-corrected chi connectivity index (χ3v) is 4.54. The standard InChI is InChI=1S/C18H27N3O/c1-14(19-13-15-7-8-15)11-18(22)20-16-5-4-6-17(12-16)21-9-2-3-10-21/h4-6,12,14-15,19H,2-3,7-11,13H2,1H3,(H,20,22). The molecule has 0 spiro atoms. The van der Waals surface area contributed by atoms with Gasteiger partial charge in [-0.05, 0) is 63.3 Å². The van der Waals surface area contributed by atoms with Gasteiger partial charge in [-0.2, -0.15) is 0 Å². The quantitative estimate of drug-likeness (QED) is 0.814. The molecule has 1 aliphatic heterocycles. The average molecular weight is 301 g/mol. The first-order valence-corrected chi connectivity index (χ1v) is 8.59. The molecule has 120 valence electrons. The molecule has 1 saturated heterocycles. The van der Waals surface area contributed by atoms with Crippen LogP contribution in [0.4, 0.5) is 11.4 Å². The summed E-state index contributed by atoms with van der Waals surface area (Å²) in [6.07, 6.45) is 5.74. The second kappa shape index (κ2) is 7.14. The normalized spacial score (nSPS) is 19.2. The maximum Gasteiger partial charge on any atom is 0.225 e. The predicted octanol–water partition coefficient (Wildman–Crippen LogP) is 3.00. The van der Waals surface area contributed by atoms with E-state index in [9.17, 15) is 4.79 Å². The largest absolute Gasteiger partial charge is 0.371 e. The molecule has 0 aromatic heterocycles. The first-order valence-electron chi connectivity index (χ1n) is 8.59. The first kappa shape index (κ1) is 15.3. The van der Waals surface area contributed by atoms with Crippen LogP contribution in [0, 0.1) is 5.92 Å². The Hall–Kier alpha value is -1.55. The Balaban J connectivity index is 1.48. The lowest BCUT2D eigenvalue weighted by Crippen LogP contribution is -2.32. The summed E-state index contributed by atoms with van der Waals surface area (Å²) in [6.45, 7) is 5.39. The van der Waals surface area contributed by atoms with Crippen LogP contribution in [0.2, 0.25) is 0 Å². The number of benzene rings is 1. The molecule has 3 rings (SSSR count). The van der Waals surface area contributed by atoms with E-state index < -0.39 is 0 Å². The number of amides is 1. The number of rotatable bonds is 7. The Kier molecular flexibility index (Phi) is 4.98. The van der Waals surface area contributed by atoms with Crippen LogP contribution in [-0.2, 0) is 4.79 Å². The molecular weight excluding hydrogens is 274 g/mol. The van der Waals surface area contributed by atoms with Crippen LogP contribution in [0.15, 0.2) is 24.3 Å². The smallest absolute Gasteiger partial charge is 0.225 e. The van der Waals surface area contributed by atoms with Crippen LogP contribution < -0.4 is 15.5 Å². The second-order valence-electron chi connectivity index (χ2n) is 6.75. The zero-order chi connectivity index (χ0) is 15.4. The lowest BCUT2D eigenvalue weighted by atomic mass is 10.2. The van der Waals surface area contributed by atoms with Crippen LogP contribution in [0.5, 0.6) is 0 Å². The number of carbonyl (C=O) groups excluding carboxylic acids is 1. The van der Waals surface area contributed by atoms with Gasteiger partial charge in [0, 0.05) is 36.9 Å². The highest BCUT2D eigenvalue weighted by Crippen LogP contribution is 2.27. The lowest BCUT2D eigenvalue weighted by molar-refractivity contribution is -0.116. The Bertz CT molecular complexity index is 507.